The van der Waals surface area contributed by atoms with E-state index in [0.717, 1.165) is 83.5 Å². The van der Waals surface area contributed by atoms with Crippen molar-refractivity contribution in [3.8, 4) is 0 Å². The summed E-state index contributed by atoms with van der Waals surface area (Å²) in [4.78, 5) is 24.7. The Morgan fingerprint density at radius 1 is 0.255 bits per heavy atom. The van der Waals surface area contributed by atoms with Gasteiger partial charge in [-0.15, -0.1) is 0 Å². The van der Waals surface area contributed by atoms with E-state index in [0.29, 0.717) is 12.8 Å². The summed E-state index contributed by atoms with van der Waals surface area (Å²) in [5, 5.41) is 9.74. The zero-order valence-corrected chi connectivity index (χ0v) is 63.0. The highest BCUT2D eigenvalue weighted by Gasteiger charge is 2.16. The number of hydrogen-bond acceptors (Lipinski definition) is 5. The van der Waals surface area contributed by atoms with Crippen LogP contribution in [0.2, 0.25) is 0 Å². The lowest BCUT2D eigenvalue weighted by Crippen LogP contribution is -2.28. The molecule has 1 N–H and O–H groups in total. The smallest absolute Gasteiger partial charge is 0.306 e. The molecule has 0 aliphatic heterocycles. The van der Waals surface area contributed by atoms with Gasteiger partial charge >= 0.3 is 11.9 Å². The molecule has 0 aromatic heterocycles. The second kappa shape index (κ2) is 84.0. The van der Waals surface area contributed by atoms with Crippen molar-refractivity contribution in [1.29, 1.82) is 0 Å². The number of aliphatic hydroxyl groups excluding tert-OH is 1. The topological polar surface area (TPSA) is 72.8 Å². The zero-order chi connectivity index (χ0) is 67.5. The van der Waals surface area contributed by atoms with Gasteiger partial charge in [0.1, 0.15) is 6.61 Å². The van der Waals surface area contributed by atoms with Gasteiger partial charge in [0, 0.05) is 12.8 Å². The summed E-state index contributed by atoms with van der Waals surface area (Å²) in [6.07, 6.45) is 121. The number of allylic oxidation sites excluding steroid dienone is 16. The van der Waals surface area contributed by atoms with Crippen LogP contribution in [0.1, 0.15) is 438 Å². The van der Waals surface area contributed by atoms with Crippen molar-refractivity contribution >= 4 is 11.9 Å². The highest BCUT2D eigenvalue weighted by Crippen LogP contribution is 2.20. The molecule has 0 aromatic rings. The van der Waals surface area contributed by atoms with Crippen molar-refractivity contribution in [2.45, 2.75) is 444 Å². The van der Waals surface area contributed by atoms with E-state index in [2.05, 4.69) is 111 Å². The molecule has 0 saturated carbocycles. The van der Waals surface area contributed by atoms with Crippen LogP contribution < -0.4 is 0 Å². The molecule has 0 rings (SSSR count). The quantitative estimate of drug-likeness (QED) is 0.0373. The van der Waals surface area contributed by atoms with Crippen molar-refractivity contribution in [2.24, 2.45) is 0 Å². The first-order valence-electron chi connectivity index (χ1n) is 41.8. The molecule has 0 aliphatic rings. The van der Waals surface area contributed by atoms with Gasteiger partial charge in [-0.3, -0.25) is 9.59 Å². The van der Waals surface area contributed by atoms with Crippen LogP contribution in [0.15, 0.2) is 97.2 Å². The summed E-state index contributed by atoms with van der Waals surface area (Å²) in [6.45, 7) is 4.08. The van der Waals surface area contributed by atoms with E-state index in [9.17, 15) is 14.7 Å². The molecule has 1 atom stereocenters. The van der Waals surface area contributed by atoms with Crippen LogP contribution in [-0.4, -0.2) is 36.4 Å². The fraction of sp³-hybridized carbons (Fsp3) is 0.798. The molecule has 0 aliphatic carbocycles. The fourth-order valence-corrected chi connectivity index (χ4v) is 12.7. The van der Waals surface area contributed by atoms with Gasteiger partial charge in [-0.05, 0) is 96.3 Å². The Kier molecular flexibility index (Phi) is 81.2. The summed E-state index contributed by atoms with van der Waals surface area (Å²) in [5.74, 6) is -0.570. The van der Waals surface area contributed by atoms with Gasteiger partial charge in [-0.25, -0.2) is 0 Å². The number of aliphatic hydroxyl groups is 1. The third kappa shape index (κ3) is 81.2. The van der Waals surface area contributed by atoms with E-state index in [-0.39, 0.29) is 25.2 Å². The van der Waals surface area contributed by atoms with E-state index >= 15 is 0 Å². The zero-order valence-electron chi connectivity index (χ0n) is 63.0. The monoisotopic (exact) mass is 1310 g/mol. The van der Waals surface area contributed by atoms with Crippen LogP contribution in [0.5, 0.6) is 0 Å². The summed E-state index contributed by atoms with van der Waals surface area (Å²) in [5.41, 5.74) is 0. The minimum Gasteiger partial charge on any atom is -0.462 e. The summed E-state index contributed by atoms with van der Waals surface area (Å²) in [6, 6.07) is 0. The van der Waals surface area contributed by atoms with Crippen molar-refractivity contribution in [1.82, 2.24) is 0 Å². The molecule has 94 heavy (non-hydrogen) atoms. The summed E-state index contributed by atoms with van der Waals surface area (Å²) >= 11 is 0. The van der Waals surface area contributed by atoms with Gasteiger partial charge in [0.15, 0.2) is 6.10 Å². The highest BCUT2D eigenvalue weighted by atomic mass is 16.6. The molecule has 0 spiro atoms. The van der Waals surface area contributed by atoms with Crippen molar-refractivity contribution in [3.63, 3.8) is 0 Å². The molecular formula is C89H160O5. The second-order valence-electron chi connectivity index (χ2n) is 28.2. The van der Waals surface area contributed by atoms with Crippen LogP contribution in [0, 0.1) is 0 Å². The Morgan fingerprint density at radius 2 is 0.457 bits per heavy atom. The number of carbonyl (C=O) groups excluding carboxylic acids is 2. The van der Waals surface area contributed by atoms with Crippen molar-refractivity contribution < 1.29 is 24.2 Å². The SMILES string of the molecule is CC/C=C\C/C=C\C/C=C\C/C=C\C/C=C\C/C=C\C/C=C\CCCCCCCCCCCCCCCCCCCC(=O)OC(CO)COC(=O)CCCCCCCCCCCCCCCCCCCCCCCCCCCCCCC/C=C\CCCCCCCCCC. The molecular weight excluding hydrogens is 1150 g/mol. The maximum atomic E-state index is 12.4. The average Bonchev–Trinajstić information content (AvgIpc) is 3.65. The number of ether oxygens (including phenoxy) is 2. The Morgan fingerprint density at radius 3 is 0.702 bits per heavy atom. The molecule has 5 nitrogen and oxygen atoms in total. The largest absolute Gasteiger partial charge is 0.462 e. The molecule has 546 valence electrons. The van der Waals surface area contributed by atoms with Gasteiger partial charge in [-0.1, -0.05) is 426 Å². The van der Waals surface area contributed by atoms with E-state index in [1.807, 2.05) is 0 Å². The van der Waals surface area contributed by atoms with Crippen LogP contribution in [0.4, 0.5) is 0 Å². The molecule has 0 radical (unpaired) electrons. The predicted octanol–water partition coefficient (Wildman–Crippen LogP) is 29.7. The minimum atomic E-state index is -0.775. The lowest BCUT2D eigenvalue weighted by Gasteiger charge is -2.15. The summed E-state index contributed by atoms with van der Waals surface area (Å²) < 4.78 is 10.8. The maximum absolute atomic E-state index is 12.4. The highest BCUT2D eigenvalue weighted by molar-refractivity contribution is 5.70. The van der Waals surface area contributed by atoms with E-state index in [1.54, 1.807) is 0 Å². The second-order valence-corrected chi connectivity index (χ2v) is 28.2. The van der Waals surface area contributed by atoms with Crippen molar-refractivity contribution in [2.75, 3.05) is 13.2 Å². The Labute approximate surface area is 587 Å². The Balaban J connectivity index is 3.39. The number of rotatable bonds is 78. The van der Waals surface area contributed by atoms with E-state index in [1.165, 1.54) is 327 Å². The van der Waals surface area contributed by atoms with Crippen LogP contribution >= 0.6 is 0 Å². The lowest BCUT2D eigenvalue weighted by molar-refractivity contribution is -0.161. The van der Waals surface area contributed by atoms with E-state index in [4.69, 9.17) is 9.47 Å². The number of esters is 2. The molecule has 1 unspecified atom stereocenters. The number of carbonyl (C=O) groups is 2. The lowest BCUT2D eigenvalue weighted by atomic mass is 10.0. The van der Waals surface area contributed by atoms with Gasteiger partial charge in [-0.2, -0.15) is 0 Å². The Hall–Kier alpha value is -3.18. The van der Waals surface area contributed by atoms with Gasteiger partial charge in [0.05, 0.1) is 6.61 Å². The molecule has 0 aromatic carbocycles. The number of hydrogen-bond donors (Lipinski definition) is 1. The molecule has 0 saturated heterocycles. The molecule has 0 amide bonds. The third-order valence-corrected chi connectivity index (χ3v) is 18.9. The normalized spacial score (nSPS) is 12.7. The van der Waals surface area contributed by atoms with Crippen molar-refractivity contribution in [3.05, 3.63) is 97.2 Å². The minimum absolute atomic E-state index is 0.0627. The standard InChI is InChI=1S/C89H160O5/c1-3-5-7-9-11-13-15-17-19-21-23-25-27-29-31-33-35-37-39-41-43-44-46-47-49-51-53-55-57-59-61-63-65-67-69-71-73-75-77-79-81-83-88(91)93-86-87(85-90)94-89(92)84-82-80-78-76-74-72-70-68-66-64-62-60-58-56-54-52-50-48-45-42-40-38-36-34-32-30-28-26-24-22-20-18-16-14-12-10-8-6-4-2/h6,8,12,14,18,20-21,23-24,26,30,32,36,38,42,45,87,90H,3-5,7,9-11,13,15-17,19,22,25,27-29,31,33-35,37,39-41,43-44,46-86H2,1-2H3/b8-6-,14-12-,20-18-,23-21-,26-24-,32-30-,38-36-,45-42-. The molecule has 5 heteroatoms. The molecule has 0 bridgehead atoms. The Bertz CT molecular complexity index is 1730. The first kappa shape index (κ1) is 90.8. The average molecular weight is 1310 g/mol. The maximum Gasteiger partial charge on any atom is 0.306 e. The van der Waals surface area contributed by atoms with E-state index < -0.39 is 6.10 Å². The first-order valence-corrected chi connectivity index (χ1v) is 41.8. The number of unbranched alkanes of at least 4 members (excludes halogenated alkanes) is 54. The summed E-state index contributed by atoms with van der Waals surface area (Å²) in [7, 11) is 0. The van der Waals surface area contributed by atoms with Gasteiger partial charge in [0.25, 0.3) is 0 Å². The molecule has 0 fully saturated rings. The van der Waals surface area contributed by atoms with Crippen LogP contribution in [-0.2, 0) is 19.1 Å². The first-order chi connectivity index (χ1) is 46.6. The van der Waals surface area contributed by atoms with Crippen LogP contribution in [0.3, 0.4) is 0 Å². The van der Waals surface area contributed by atoms with Crippen LogP contribution in [0.25, 0.3) is 0 Å². The fourth-order valence-electron chi connectivity index (χ4n) is 12.7. The van der Waals surface area contributed by atoms with Gasteiger partial charge in [0.2, 0.25) is 0 Å². The predicted molar refractivity (Wildman–Crippen MR) is 417 cm³/mol. The molecule has 0 heterocycles. The third-order valence-electron chi connectivity index (χ3n) is 18.9. The van der Waals surface area contributed by atoms with Gasteiger partial charge < -0.3 is 14.6 Å².